The average molecular weight is 582 g/mol. The van der Waals surface area contributed by atoms with E-state index in [1.807, 2.05) is 13.8 Å². The van der Waals surface area contributed by atoms with Crippen molar-refractivity contribution < 1.29 is 31.2 Å². The number of benzene rings is 1. The van der Waals surface area contributed by atoms with Crippen LogP contribution in [0.5, 0.6) is 0 Å². The Bertz CT molecular complexity index is 1520. The Kier molecular flexibility index (Phi) is 7.81. The second-order valence-corrected chi connectivity index (χ2v) is 12.8. The fraction of sp³-hybridized carbons (Fsp3) is 0.400. The van der Waals surface area contributed by atoms with Crippen LogP contribution in [0.3, 0.4) is 0 Å². The summed E-state index contributed by atoms with van der Waals surface area (Å²) in [5, 5.41) is 3.10. The van der Waals surface area contributed by atoms with Crippen molar-refractivity contribution in [3.05, 3.63) is 57.9 Å². The number of Topliss-reactive ketones (excluding diaryl/α,β-unsaturated/α-hetero) is 1. The number of ketones is 1. The van der Waals surface area contributed by atoms with Gasteiger partial charge in [-0.25, -0.2) is 23.4 Å². The lowest BCUT2D eigenvalue weighted by Crippen LogP contribution is -2.29. The van der Waals surface area contributed by atoms with E-state index in [1.54, 1.807) is 24.0 Å². The zero-order valence-electron chi connectivity index (χ0n) is 21.5. The highest BCUT2D eigenvalue weighted by Crippen LogP contribution is 2.44. The van der Waals surface area contributed by atoms with Crippen molar-refractivity contribution in [1.29, 1.82) is 0 Å². The second-order valence-electron chi connectivity index (χ2n) is 9.40. The SMILES string of the molecule is CCS(=O)(=O)c1ccc(CC(=O)Nc2nc3c(s2)CN(c2ncc(C(C)=O)c(C(F)(F)F)n2)C3C(C)C)cc1. The van der Waals surface area contributed by atoms with Gasteiger partial charge in [0, 0.05) is 6.20 Å². The van der Waals surface area contributed by atoms with Crippen LogP contribution >= 0.6 is 11.3 Å². The lowest BCUT2D eigenvalue weighted by Gasteiger charge is -2.28. The van der Waals surface area contributed by atoms with Crippen molar-refractivity contribution in [2.24, 2.45) is 5.92 Å². The van der Waals surface area contributed by atoms with E-state index < -0.39 is 39.1 Å². The minimum absolute atomic E-state index is 0.00693. The summed E-state index contributed by atoms with van der Waals surface area (Å²) in [5.74, 6) is -1.38. The first-order valence-corrected chi connectivity index (χ1v) is 14.5. The number of thiazole rings is 1. The Morgan fingerprint density at radius 1 is 1.18 bits per heavy atom. The van der Waals surface area contributed by atoms with Gasteiger partial charge in [0.2, 0.25) is 11.9 Å². The molecule has 3 heterocycles. The molecule has 208 valence electrons. The first-order valence-electron chi connectivity index (χ1n) is 12.0. The predicted molar refractivity (Wildman–Crippen MR) is 139 cm³/mol. The normalized spacial score (nSPS) is 15.5. The molecule has 0 saturated carbocycles. The summed E-state index contributed by atoms with van der Waals surface area (Å²) in [6, 6.07) is 5.67. The summed E-state index contributed by atoms with van der Waals surface area (Å²) < 4.78 is 64.8. The summed E-state index contributed by atoms with van der Waals surface area (Å²) >= 11 is 1.21. The van der Waals surface area contributed by atoms with Crippen LogP contribution in [0, 0.1) is 5.92 Å². The number of anilines is 2. The van der Waals surface area contributed by atoms with Crippen LogP contribution in [0.15, 0.2) is 35.4 Å². The summed E-state index contributed by atoms with van der Waals surface area (Å²) in [5.41, 5.74) is -0.623. The molecule has 0 bridgehead atoms. The third-order valence-electron chi connectivity index (χ3n) is 6.24. The highest BCUT2D eigenvalue weighted by atomic mass is 32.2. The van der Waals surface area contributed by atoms with Crippen LogP contribution in [-0.4, -0.2) is 40.8 Å². The summed E-state index contributed by atoms with van der Waals surface area (Å²) in [6.45, 7) is 6.56. The molecule has 1 aromatic carbocycles. The maximum Gasteiger partial charge on any atom is 0.434 e. The van der Waals surface area contributed by atoms with E-state index in [1.165, 1.54) is 23.5 Å². The number of fused-ring (bicyclic) bond motifs is 1. The molecular weight excluding hydrogens is 555 g/mol. The Labute approximate surface area is 227 Å². The van der Waals surface area contributed by atoms with E-state index in [0.717, 1.165) is 18.0 Å². The minimum atomic E-state index is -4.82. The van der Waals surface area contributed by atoms with E-state index in [-0.39, 0.29) is 41.4 Å². The smallest absolute Gasteiger partial charge is 0.327 e. The minimum Gasteiger partial charge on any atom is -0.327 e. The van der Waals surface area contributed by atoms with Gasteiger partial charge in [0.15, 0.2) is 26.4 Å². The van der Waals surface area contributed by atoms with Crippen molar-refractivity contribution in [3.8, 4) is 0 Å². The fourth-order valence-electron chi connectivity index (χ4n) is 4.35. The number of amides is 1. The predicted octanol–water partition coefficient (Wildman–Crippen LogP) is 4.85. The number of nitrogens with one attached hydrogen (secondary N) is 1. The maximum atomic E-state index is 13.6. The van der Waals surface area contributed by atoms with Crippen molar-refractivity contribution in [3.63, 3.8) is 0 Å². The number of alkyl halides is 3. The zero-order valence-corrected chi connectivity index (χ0v) is 23.2. The van der Waals surface area contributed by atoms with Gasteiger partial charge in [-0.15, -0.1) is 0 Å². The van der Waals surface area contributed by atoms with Gasteiger partial charge in [-0.05, 0) is 30.5 Å². The number of hydrogen-bond donors (Lipinski definition) is 1. The number of hydrogen-bond acceptors (Lipinski definition) is 9. The highest BCUT2D eigenvalue weighted by molar-refractivity contribution is 7.91. The number of aromatic nitrogens is 3. The van der Waals surface area contributed by atoms with E-state index >= 15 is 0 Å². The van der Waals surface area contributed by atoms with Crippen molar-refractivity contribution in [2.45, 2.75) is 57.8 Å². The molecule has 0 spiro atoms. The van der Waals surface area contributed by atoms with Crippen LogP contribution < -0.4 is 10.2 Å². The van der Waals surface area contributed by atoms with E-state index in [2.05, 4.69) is 20.3 Å². The van der Waals surface area contributed by atoms with Crippen LogP contribution in [0.2, 0.25) is 0 Å². The Hall–Kier alpha value is -3.39. The Morgan fingerprint density at radius 2 is 1.85 bits per heavy atom. The number of halogens is 3. The van der Waals surface area contributed by atoms with Gasteiger partial charge in [-0.1, -0.05) is 44.2 Å². The second kappa shape index (κ2) is 10.6. The standard InChI is InChI=1S/C25H26F3N5O4S2/c1-5-39(36,37)16-8-6-15(7-9-16)10-19(35)30-24-31-20-18(38-24)12-33(21(20)13(2)3)23-29-11-17(14(4)34)22(32-23)25(26,27)28/h6-9,11,13,21H,5,10,12H2,1-4H3,(H,30,31,35). The topological polar surface area (TPSA) is 122 Å². The molecule has 1 unspecified atom stereocenters. The molecule has 14 heteroatoms. The Morgan fingerprint density at radius 3 is 2.41 bits per heavy atom. The third-order valence-corrected chi connectivity index (χ3v) is 8.97. The molecule has 0 saturated heterocycles. The molecule has 9 nitrogen and oxygen atoms in total. The molecule has 1 aliphatic rings. The molecule has 2 aromatic heterocycles. The fourth-order valence-corrected chi connectivity index (χ4v) is 6.25. The number of carbonyl (C=O) groups excluding carboxylic acids is 2. The van der Waals surface area contributed by atoms with Crippen molar-refractivity contribution in [2.75, 3.05) is 16.0 Å². The zero-order chi connectivity index (χ0) is 28.7. The van der Waals surface area contributed by atoms with Gasteiger partial charge < -0.3 is 10.2 Å². The van der Waals surface area contributed by atoms with Gasteiger partial charge in [-0.2, -0.15) is 13.2 Å². The molecule has 1 atom stereocenters. The van der Waals surface area contributed by atoms with Gasteiger partial charge in [0.25, 0.3) is 0 Å². The van der Waals surface area contributed by atoms with Gasteiger partial charge >= 0.3 is 6.18 Å². The largest absolute Gasteiger partial charge is 0.434 e. The number of rotatable bonds is 8. The Balaban J connectivity index is 1.52. The molecule has 0 fully saturated rings. The number of sulfone groups is 1. The molecule has 0 aliphatic carbocycles. The molecule has 1 aliphatic heterocycles. The van der Waals surface area contributed by atoms with Crippen LogP contribution in [-0.2, 0) is 33.8 Å². The van der Waals surface area contributed by atoms with Gasteiger partial charge in [-0.3, -0.25) is 9.59 Å². The molecule has 1 amide bonds. The molecule has 0 radical (unpaired) electrons. The van der Waals surface area contributed by atoms with Gasteiger partial charge in [0.05, 0.1) is 45.8 Å². The third kappa shape index (κ3) is 5.96. The molecule has 3 aromatic rings. The first-order chi connectivity index (χ1) is 18.2. The lowest BCUT2D eigenvalue weighted by molar-refractivity contribution is -0.141. The maximum absolute atomic E-state index is 13.6. The van der Waals surface area contributed by atoms with Crippen LogP contribution in [0.1, 0.15) is 65.9 Å². The number of nitrogens with zero attached hydrogens (tertiary/aromatic N) is 4. The van der Waals surface area contributed by atoms with Crippen molar-refractivity contribution in [1.82, 2.24) is 15.0 Å². The van der Waals surface area contributed by atoms with E-state index in [4.69, 9.17) is 0 Å². The summed E-state index contributed by atoms with van der Waals surface area (Å²) in [6.07, 6.45) is -3.91. The quantitative estimate of drug-likeness (QED) is 0.375. The highest BCUT2D eigenvalue weighted by Gasteiger charge is 2.41. The monoisotopic (exact) mass is 581 g/mol. The lowest BCUT2D eigenvalue weighted by atomic mass is 10.0. The number of carbonyl (C=O) groups is 2. The molecular formula is C25H26F3N5O4S2. The van der Waals surface area contributed by atoms with E-state index in [0.29, 0.717) is 16.4 Å². The van der Waals surface area contributed by atoms with Crippen LogP contribution in [0.4, 0.5) is 24.3 Å². The van der Waals surface area contributed by atoms with E-state index in [9.17, 15) is 31.2 Å². The van der Waals surface area contributed by atoms with Crippen LogP contribution in [0.25, 0.3) is 0 Å². The first kappa shape index (κ1) is 28.6. The average Bonchev–Trinajstić information content (AvgIpc) is 3.40. The summed E-state index contributed by atoms with van der Waals surface area (Å²) in [7, 11) is -3.34. The van der Waals surface area contributed by atoms with Crippen molar-refractivity contribution >= 4 is 43.9 Å². The molecule has 1 N–H and O–H groups in total. The molecule has 39 heavy (non-hydrogen) atoms. The van der Waals surface area contributed by atoms with Gasteiger partial charge in [0.1, 0.15) is 0 Å². The summed E-state index contributed by atoms with van der Waals surface area (Å²) in [4.78, 5) is 39.3. The molecule has 4 rings (SSSR count).